The average Bonchev–Trinajstić information content (AvgIpc) is 2.15. The van der Waals surface area contributed by atoms with E-state index in [9.17, 15) is 9.90 Å². The minimum absolute atomic E-state index is 0.0513. The van der Waals surface area contributed by atoms with Crippen molar-refractivity contribution in [1.82, 2.24) is 4.90 Å². The highest BCUT2D eigenvalue weighted by atomic mass is 16.4. The highest BCUT2D eigenvalue weighted by Gasteiger charge is 2.36. The molecule has 2 unspecified atom stereocenters. The minimum atomic E-state index is -0.629. The zero-order valence-electron chi connectivity index (χ0n) is 10.3. The molecule has 1 saturated carbocycles. The van der Waals surface area contributed by atoms with E-state index >= 15 is 0 Å². The third-order valence-corrected chi connectivity index (χ3v) is 3.60. The number of carbonyl (C=O) groups is 1. The molecule has 1 aliphatic rings. The lowest BCUT2D eigenvalue weighted by Crippen LogP contribution is -2.51. The molecule has 1 fully saturated rings. The summed E-state index contributed by atoms with van der Waals surface area (Å²) in [5.41, 5.74) is 0.0513. The Morgan fingerprint density at radius 1 is 1.27 bits per heavy atom. The molecular weight excluding hydrogens is 190 g/mol. The molecular formula is C12H23NO2. The zero-order valence-corrected chi connectivity index (χ0v) is 10.3. The van der Waals surface area contributed by atoms with E-state index in [0.717, 1.165) is 25.7 Å². The topological polar surface area (TPSA) is 40.5 Å². The predicted molar refractivity (Wildman–Crippen MR) is 60.9 cm³/mol. The Morgan fingerprint density at radius 3 is 2.27 bits per heavy atom. The molecule has 1 rings (SSSR count). The maximum atomic E-state index is 11.2. The summed E-state index contributed by atoms with van der Waals surface area (Å²) in [4.78, 5) is 13.4. The maximum absolute atomic E-state index is 11.2. The molecule has 15 heavy (non-hydrogen) atoms. The Labute approximate surface area is 92.5 Å². The van der Waals surface area contributed by atoms with Gasteiger partial charge in [-0.1, -0.05) is 12.8 Å². The fourth-order valence-corrected chi connectivity index (χ4v) is 2.36. The third-order valence-electron chi connectivity index (χ3n) is 3.60. The first-order valence-corrected chi connectivity index (χ1v) is 5.80. The van der Waals surface area contributed by atoms with E-state index in [1.165, 1.54) is 0 Å². The van der Waals surface area contributed by atoms with Crippen LogP contribution in [0.3, 0.4) is 0 Å². The summed E-state index contributed by atoms with van der Waals surface area (Å²) < 4.78 is 0. The molecule has 0 radical (unpaired) electrons. The molecule has 0 spiro atoms. The summed E-state index contributed by atoms with van der Waals surface area (Å²) in [5.74, 6) is -0.807. The van der Waals surface area contributed by atoms with Crippen molar-refractivity contribution >= 4 is 5.97 Å². The van der Waals surface area contributed by atoms with E-state index in [0.29, 0.717) is 0 Å². The van der Waals surface area contributed by atoms with Crippen LogP contribution in [0.15, 0.2) is 0 Å². The molecule has 3 heteroatoms. The molecule has 88 valence electrons. The third kappa shape index (κ3) is 2.94. The Bertz CT molecular complexity index is 232. The van der Waals surface area contributed by atoms with Crippen LogP contribution in [0, 0.1) is 5.92 Å². The number of hydrogen-bond acceptors (Lipinski definition) is 2. The van der Waals surface area contributed by atoms with Gasteiger partial charge in [-0.05, 0) is 40.7 Å². The Hall–Kier alpha value is -0.570. The molecule has 0 bridgehead atoms. The van der Waals surface area contributed by atoms with Crippen molar-refractivity contribution < 1.29 is 9.90 Å². The second-order valence-electron chi connectivity index (χ2n) is 5.58. The van der Waals surface area contributed by atoms with E-state index in [1.54, 1.807) is 0 Å². The van der Waals surface area contributed by atoms with Crippen molar-refractivity contribution in [1.29, 1.82) is 0 Å². The fourth-order valence-electron chi connectivity index (χ4n) is 2.36. The molecule has 0 aromatic heterocycles. The highest BCUT2D eigenvalue weighted by molar-refractivity contribution is 5.71. The summed E-state index contributed by atoms with van der Waals surface area (Å²) in [5, 5.41) is 9.20. The normalized spacial score (nSPS) is 28.1. The van der Waals surface area contributed by atoms with Gasteiger partial charge in [-0.3, -0.25) is 9.69 Å². The van der Waals surface area contributed by atoms with Gasteiger partial charge in [0.2, 0.25) is 0 Å². The summed E-state index contributed by atoms with van der Waals surface area (Å²) in [6.45, 7) is 6.42. The average molecular weight is 213 g/mol. The molecule has 0 saturated heterocycles. The van der Waals surface area contributed by atoms with E-state index in [-0.39, 0.29) is 17.5 Å². The van der Waals surface area contributed by atoms with E-state index in [1.807, 2.05) is 7.05 Å². The summed E-state index contributed by atoms with van der Waals surface area (Å²) in [6, 6.07) is 0.205. The van der Waals surface area contributed by atoms with Crippen LogP contribution in [0.2, 0.25) is 0 Å². The predicted octanol–water partition coefficient (Wildman–Crippen LogP) is 2.36. The van der Waals surface area contributed by atoms with Crippen LogP contribution in [0.4, 0.5) is 0 Å². The molecule has 1 N–H and O–H groups in total. The van der Waals surface area contributed by atoms with Crippen LogP contribution in [0.5, 0.6) is 0 Å². The van der Waals surface area contributed by atoms with Gasteiger partial charge in [0.15, 0.2) is 0 Å². The second kappa shape index (κ2) is 4.52. The SMILES string of the molecule is CN(C1CCCCC1C(=O)O)C(C)(C)C. The van der Waals surface area contributed by atoms with Crippen LogP contribution in [0.25, 0.3) is 0 Å². The van der Waals surface area contributed by atoms with Gasteiger partial charge in [0.25, 0.3) is 0 Å². The number of carboxylic acids is 1. The Morgan fingerprint density at radius 2 is 1.80 bits per heavy atom. The summed E-state index contributed by atoms with van der Waals surface area (Å²) >= 11 is 0. The van der Waals surface area contributed by atoms with Crippen LogP contribution in [0.1, 0.15) is 46.5 Å². The van der Waals surface area contributed by atoms with Gasteiger partial charge in [0.05, 0.1) is 5.92 Å². The van der Waals surface area contributed by atoms with Gasteiger partial charge in [-0.2, -0.15) is 0 Å². The standard InChI is InChI=1S/C12H23NO2/c1-12(2,3)13(4)10-8-6-5-7-9(10)11(14)15/h9-10H,5-8H2,1-4H3,(H,14,15). The van der Waals surface area contributed by atoms with Crippen LogP contribution in [-0.4, -0.2) is 34.6 Å². The smallest absolute Gasteiger partial charge is 0.308 e. The van der Waals surface area contributed by atoms with Gasteiger partial charge in [0, 0.05) is 11.6 Å². The molecule has 0 aromatic rings. The van der Waals surface area contributed by atoms with Crippen LogP contribution >= 0.6 is 0 Å². The minimum Gasteiger partial charge on any atom is -0.481 e. The molecule has 0 amide bonds. The van der Waals surface area contributed by atoms with Gasteiger partial charge in [0.1, 0.15) is 0 Å². The number of hydrogen-bond donors (Lipinski definition) is 1. The number of nitrogens with zero attached hydrogens (tertiary/aromatic N) is 1. The maximum Gasteiger partial charge on any atom is 0.308 e. The summed E-state index contributed by atoms with van der Waals surface area (Å²) in [6.07, 6.45) is 4.07. The number of rotatable bonds is 2. The molecule has 0 aromatic carbocycles. The van der Waals surface area contributed by atoms with Crippen LogP contribution in [-0.2, 0) is 4.79 Å². The van der Waals surface area contributed by atoms with Crippen molar-refractivity contribution in [3.63, 3.8) is 0 Å². The zero-order chi connectivity index (χ0) is 11.6. The van der Waals surface area contributed by atoms with Crippen molar-refractivity contribution in [3.8, 4) is 0 Å². The van der Waals surface area contributed by atoms with E-state index < -0.39 is 5.97 Å². The van der Waals surface area contributed by atoms with Crippen molar-refractivity contribution in [3.05, 3.63) is 0 Å². The first-order valence-electron chi connectivity index (χ1n) is 5.80. The Kier molecular flexibility index (Phi) is 3.77. The van der Waals surface area contributed by atoms with Crippen molar-refractivity contribution in [2.45, 2.75) is 58.0 Å². The largest absolute Gasteiger partial charge is 0.481 e. The molecule has 3 nitrogen and oxygen atoms in total. The Balaban J connectivity index is 2.76. The van der Waals surface area contributed by atoms with Crippen LogP contribution < -0.4 is 0 Å². The number of carboxylic acid groups (broad SMARTS) is 1. The lowest BCUT2D eigenvalue weighted by atomic mass is 9.82. The molecule has 0 heterocycles. The molecule has 1 aliphatic carbocycles. The second-order valence-corrected chi connectivity index (χ2v) is 5.58. The lowest BCUT2D eigenvalue weighted by molar-refractivity contribution is -0.146. The first-order chi connectivity index (χ1) is 6.84. The molecule has 0 aliphatic heterocycles. The summed E-state index contributed by atoms with van der Waals surface area (Å²) in [7, 11) is 2.05. The van der Waals surface area contributed by atoms with Crippen molar-refractivity contribution in [2.75, 3.05) is 7.05 Å². The van der Waals surface area contributed by atoms with Gasteiger partial charge in [-0.15, -0.1) is 0 Å². The fraction of sp³-hybridized carbons (Fsp3) is 0.917. The lowest BCUT2D eigenvalue weighted by Gasteiger charge is -2.43. The van der Waals surface area contributed by atoms with E-state index in [2.05, 4.69) is 25.7 Å². The monoisotopic (exact) mass is 213 g/mol. The highest BCUT2D eigenvalue weighted by Crippen LogP contribution is 2.31. The van der Waals surface area contributed by atoms with Gasteiger partial charge >= 0.3 is 5.97 Å². The van der Waals surface area contributed by atoms with E-state index in [4.69, 9.17) is 0 Å². The number of aliphatic carboxylic acids is 1. The van der Waals surface area contributed by atoms with Crippen molar-refractivity contribution in [2.24, 2.45) is 5.92 Å². The van der Waals surface area contributed by atoms with Gasteiger partial charge < -0.3 is 5.11 Å². The van der Waals surface area contributed by atoms with Gasteiger partial charge in [-0.25, -0.2) is 0 Å². The first kappa shape index (κ1) is 12.5. The molecule has 2 atom stereocenters. The quantitative estimate of drug-likeness (QED) is 0.765.